The van der Waals surface area contributed by atoms with Crippen molar-refractivity contribution in [2.45, 2.75) is 19.4 Å². The summed E-state index contributed by atoms with van der Waals surface area (Å²) in [5.41, 5.74) is 0.930. The van der Waals surface area contributed by atoms with E-state index in [4.69, 9.17) is 16.3 Å². The molecule has 0 amide bonds. The fraction of sp³-hybridized carbons (Fsp3) is 0.462. The van der Waals surface area contributed by atoms with Gasteiger partial charge < -0.3 is 14.8 Å². The van der Waals surface area contributed by atoms with Crippen molar-refractivity contribution in [2.75, 3.05) is 20.8 Å². The number of hydrogen-bond donors (Lipinski definition) is 1. The fourth-order valence-electron chi connectivity index (χ4n) is 1.57. The number of carbonyl (C=O) groups excluding carboxylic acids is 1. The molecule has 0 heterocycles. The number of hydrogen-bond acceptors (Lipinski definition) is 4. The average molecular weight is 272 g/mol. The zero-order chi connectivity index (χ0) is 13.4. The van der Waals surface area contributed by atoms with Gasteiger partial charge in [-0.25, -0.2) is 0 Å². The molecule has 0 unspecified atom stereocenters. The Hall–Kier alpha value is -1.26. The van der Waals surface area contributed by atoms with Crippen LogP contribution in [0.2, 0.25) is 5.02 Å². The van der Waals surface area contributed by atoms with Gasteiger partial charge in [-0.05, 0) is 25.1 Å². The zero-order valence-corrected chi connectivity index (χ0v) is 11.4. The maximum Gasteiger partial charge on any atom is 0.305 e. The molecule has 0 aromatic heterocycles. The van der Waals surface area contributed by atoms with Gasteiger partial charge in [0.25, 0.3) is 0 Å². The Morgan fingerprint density at radius 3 is 2.83 bits per heavy atom. The Balaban J connectivity index is 2.37. The lowest BCUT2D eigenvalue weighted by Gasteiger charge is -2.11. The first-order valence-electron chi connectivity index (χ1n) is 5.78. The molecule has 0 atom stereocenters. The molecule has 0 saturated carbocycles. The summed E-state index contributed by atoms with van der Waals surface area (Å²) in [6.45, 7) is 1.34. The quantitative estimate of drug-likeness (QED) is 0.611. The second-order valence-electron chi connectivity index (χ2n) is 3.78. The Bertz CT molecular complexity index is 396. The second kappa shape index (κ2) is 7.95. The summed E-state index contributed by atoms with van der Waals surface area (Å²) < 4.78 is 9.80. The van der Waals surface area contributed by atoms with Gasteiger partial charge in [0.2, 0.25) is 0 Å². The van der Waals surface area contributed by atoms with E-state index >= 15 is 0 Å². The smallest absolute Gasteiger partial charge is 0.305 e. The largest absolute Gasteiger partial charge is 0.496 e. The summed E-state index contributed by atoms with van der Waals surface area (Å²) >= 11 is 6.10. The molecule has 0 aliphatic carbocycles. The number of halogens is 1. The van der Waals surface area contributed by atoms with Crippen molar-refractivity contribution in [2.24, 2.45) is 0 Å². The Morgan fingerprint density at radius 1 is 1.39 bits per heavy atom. The van der Waals surface area contributed by atoms with Gasteiger partial charge in [0.15, 0.2) is 0 Å². The van der Waals surface area contributed by atoms with E-state index in [9.17, 15) is 4.79 Å². The van der Waals surface area contributed by atoms with Crippen molar-refractivity contribution in [1.82, 2.24) is 5.32 Å². The molecule has 0 bridgehead atoms. The normalized spacial score (nSPS) is 10.2. The van der Waals surface area contributed by atoms with E-state index < -0.39 is 0 Å². The van der Waals surface area contributed by atoms with E-state index in [2.05, 4.69) is 10.1 Å². The number of carbonyl (C=O) groups is 1. The van der Waals surface area contributed by atoms with E-state index in [0.29, 0.717) is 18.0 Å². The molecule has 5 heteroatoms. The third-order valence-corrected chi connectivity index (χ3v) is 2.91. The van der Waals surface area contributed by atoms with Crippen LogP contribution in [0.5, 0.6) is 5.75 Å². The van der Waals surface area contributed by atoms with Crippen molar-refractivity contribution in [3.63, 3.8) is 0 Å². The summed E-state index contributed by atoms with van der Waals surface area (Å²) in [4.78, 5) is 10.9. The van der Waals surface area contributed by atoms with Crippen LogP contribution in [-0.4, -0.2) is 26.7 Å². The van der Waals surface area contributed by atoms with Crippen molar-refractivity contribution in [3.05, 3.63) is 28.8 Å². The lowest BCUT2D eigenvalue weighted by atomic mass is 10.2. The molecule has 1 N–H and O–H groups in total. The van der Waals surface area contributed by atoms with Crippen LogP contribution in [0.15, 0.2) is 18.2 Å². The third-order valence-electron chi connectivity index (χ3n) is 2.56. The number of rotatable bonds is 7. The van der Waals surface area contributed by atoms with Crippen LogP contribution in [0.1, 0.15) is 18.4 Å². The van der Waals surface area contributed by atoms with E-state index in [1.807, 2.05) is 18.2 Å². The van der Waals surface area contributed by atoms with Gasteiger partial charge in [-0.1, -0.05) is 17.7 Å². The van der Waals surface area contributed by atoms with Crippen molar-refractivity contribution in [1.29, 1.82) is 0 Å². The van der Waals surface area contributed by atoms with Gasteiger partial charge in [0.05, 0.1) is 14.2 Å². The third kappa shape index (κ3) is 4.55. The molecule has 0 spiro atoms. The van der Waals surface area contributed by atoms with Gasteiger partial charge in [0, 0.05) is 23.6 Å². The van der Waals surface area contributed by atoms with E-state index in [1.54, 1.807) is 7.11 Å². The summed E-state index contributed by atoms with van der Waals surface area (Å²) in [5, 5.41) is 3.90. The maximum atomic E-state index is 10.9. The van der Waals surface area contributed by atoms with Gasteiger partial charge in [-0.2, -0.15) is 0 Å². The molecule has 0 aliphatic heterocycles. The highest BCUT2D eigenvalue weighted by atomic mass is 35.5. The fourth-order valence-corrected chi connectivity index (χ4v) is 1.81. The van der Waals surface area contributed by atoms with Crippen molar-refractivity contribution >= 4 is 17.6 Å². The van der Waals surface area contributed by atoms with Gasteiger partial charge in [0.1, 0.15) is 5.75 Å². The number of methoxy groups -OCH3 is 2. The van der Waals surface area contributed by atoms with Crippen LogP contribution >= 0.6 is 11.6 Å². The first kappa shape index (κ1) is 14.8. The molecule has 1 aromatic carbocycles. The molecule has 1 rings (SSSR count). The minimum atomic E-state index is -0.188. The molecule has 0 fully saturated rings. The first-order chi connectivity index (χ1) is 8.69. The molecule has 1 aromatic rings. The van der Waals surface area contributed by atoms with Crippen LogP contribution in [-0.2, 0) is 16.1 Å². The summed E-state index contributed by atoms with van der Waals surface area (Å²) in [6, 6.07) is 5.55. The predicted molar refractivity (Wildman–Crippen MR) is 71.0 cm³/mol. The number of benzene rings is 1. The summed E-state index contributed by atoms with van der Waals surface area (Å²) in [7, 11) is 3.01. The van der Waals surface area contributed by atoms with Crippen molar-refractivity contribution < 1.29 is 14.3 Å². The van der Waals surface area contributed by atoms with Crippen LogP contribution in [0, 0.1) is 0 Å². The topological polar surface area (TPSA) is 47.6 Å². The number of esters is 1. The minimum Gasteiger partial charge on any atom is -0.496 e. The lowest BCUT2D eigenvalue weighted by Crippen LogP contribution is -2.17. The zero-order valence-electron chi connectivity index (χ0n) is 10.7. The van der Waals surface area contributed by atoms with Crippen LogP contribution in [0.3, 0.4) is 0 Å². The minimum absolute atomic E-state index is 0.188. The maximum absolute atomic E-state index is 10.9. The molecular formula is C13H18ClNO3. The second-order valence-corrected chi connectivity index (χ2v) is 4.18. The highest BCUT2D eigenvalue weighted by Gasteiger charge is 2.06. The van der Waals surface area contributed by atoms with Crippen LogP contribution in [0.4, 0.5) is 0 Å². The molecule has 0 saturated heterocycles. The van der Waals surface area contributed by atoms with Crippen LogP contribution in [0.25, 0.3) is 0 Å². The molecule has 0 aliphatic rings. The Kier molecular flexibility index (Phi) is 6.54. The van der Waals surface area contributed by atoms with E-state index in [1.165, 1.54) is 7.11 Å². The molecule has 0 radical (unpaired) electrons. The lowest BCUT2D eigenvalue weighted by molar-refractivity contribution is -0.140. The van der Waals surface area contributed by atoms with Crippen molar-refractivity contribution in [3.8, 4) is 5.75 Å². The van der Waals surface area contributed by atoms with Crippen LogP contribution < -0.4 is 10.1 Å². The van der Waals surface area contributed by atoms with Gasteiger partial charge in [-0.15, -0.1) is 0 Å². The predicted octanol–water partition coefficient (Wildman–Crippen LogP) is 2.39. The van der Waals surface area contributed by atoms with Gasteiger partial charge >= 0.3 is 5.97 Å². The van der Waals surface area contributed by atoms with Gasteiger partial charge in [-0.3, -0.25) is 4.79 Å². The average Bonchev–Trinajstić information content (AvgIpc) is 2.39. The molecule has 100 valence electrons. The highest BCUT2D eigenvalue weighted by molar-refractivity contribution is 6.31. The van der Waals surface area contributed by atoms with E-state index in [-0.39, 0.29) is 5.97 Å². The SMILES string of the molecule is COC(=O)CCCNCc1c(Cl)cccc1OC. The van der Waals surface area contributed by atoms with E-state index in [0.717, 1.165) is 24.3 Å². The molecular weight excluding hydrogens is 254 g/mol. The first-order valence-corrected chi connectivity index (χ1v) is 6.15. The highest BCUT2D eigenvalue weighted by Crippen LogP contribution is 2.25. The Morgan fingerprint density at radius 2 is 2.17 bits per heavy atom. The standard InChI is InChI=1S/C13H18ClNO3/c1-17-12-6-3-5-11(14)10(12)9-15-8-4-7-13(16)18-2/h3,5-6,15H,4,7-9H2,1-2H3. The summed E-state index contributed by atoms with van der Waals surface area (Å²) in [6.07, 6.45) is 1.16. The Labute approximate surface area is 112 Å². The number of nitrogens with one attached hydrogen (secondary N) is 1. The number of ether oxygens (including phenoxy) is 2. The monoisotopic (exact) mass is 271 g/mol. The molecule has 18 heavy (non-hydrogen) atoms. The summed E-state index contributed by atoms with van der Waals surface area (Å²) in [5.74, 6) is 0.579. The molecule has 4 nitrogen and oxygen atoms in total.